The molecule has 1 N–H and O–H groups in total. The lowest BCUT2D eigenvalue weighted by molar-refractivity contribution is 0.185. The number of benzene rings is 2. The van der Waals surface area contributed by atoms with E-state index in [0.29, 0.717) is 17.7 Å². The lowest BCUT2D eigenvalue weighted by atomic mass is 9.97. The Labute approximate surface area is 139 Å². The Kier molecular flexibility index (Phi) is 4.59. The van der Waals surface area contributed by atoms with Crippen molar-refractivity contribution < 1.29 is 9.47 Å². The number of pyridine rings is 1. The molecule has 0 radical (unpaired) electrons. The van der Waals surface area contributed by atoms with Gasteiger partial charge in [-0.15, -0.1) is 0 Å². The van der Waals surface area contributed by atoms with Gasteiger partial charge in [-0.05, 0) is 34.7 Å². The minimum absolute atomic E-state index is 0.0558. The maximum Gasteiger partial charge on any atom is 0.255 e. The maximum absolute atomic E-state index is 12.2. The summed E-state index contributed by atoms with van der Waals surface area (Å²) in [6.07, 6.45) is 1.72. The number of aromatic nitrogens is 1. The number of ether oxygens (including phenoxy) is 2. The standard InChI is InChI=1S/C19H16N2O3/c1-23-12-13-4-2-3-5-15(13)18-11-21-19(22)17-10-14(24-9-8-20)6-7-16(17)18/h2-7,10-11H,9,12H2,1H3,(H,21,22). The van der Waals surface area contributed by atoms with E-state index in [4.69, 9.17) is 14.7 Å². The summed E-state index contributed by atoms with van der Waals surface area (Å²) in [6, 6.07) is 15.1. The van der Waals surface area contributed by atoms with Crippen molar-refractivity contribution in [2.24, 2.45) is 0 Å². The summed E-state index contributed by atoms with van der Waals surface area (Å²) in [6.45, 7) is 0.430. The van der Waals surface area contributed by atoms with E-state index in [9.17, 15) is 4.79 Å². The molecule has 0 unspecified atom stereocenters. The first-order valence-corrected chi connectivity index (χ1v) is 7.47. The molecule has 24 heavy (non-hydrogen) atoms. The number of nitriles is 1. The second-order valence-electron chi connectivity index (χ2n) is 5.28. The Bertz CT molecular complexity index is 970. The summed E-state index contributed by atoms with van der Waals surface area (Å²) < 4.78 is 10.6. The van der Waals surface area contributed by atoms with Gasteiger partial charge in [0.2, 0.25) is 0 Å². The molecule has 0 atom stereocenters. The van der Waals surface area contributed by atoms with Crippen LogP contribution >= 0.6 is 0 Å². The fourth-order valence-electron chi connectivity index (χ4n) is 2.73. The van der Waals surface area contributed by atoms with Crippen LogP contribution in [0, 0.1) is 11.3 Å². The van der Waals surface area contributed by atoms with Gasteiger partial charge in [0, 0.05) is 18.9 Å². The minimum Gasteiger partial charge on any atom is -0.479 e. The Balaban J connectivity index is 2.18. The van der Waals surface area contributed by atoms with E-state index in [2.05, 4.69) is 4.98 Å². The Morgan fingerprint density at radius 2 is 1.96 bits per heavy atom. The largest absolute Gasteiger partial charge is 0.479 e. The summed E-state index contributed by atoms with van der Waals surface area (Å²) in [5.74, 6) is 0.497. The number of rotatable bonds is 5. The van der Waals surface area contributed by atoms with E-state index in [0.717, 1.165) is 22.1 Å². The predicted molar refractivity (Wildman–Crippen MR) is 91.8 cm³/mol. The minimum atomic E-state index is -0.194. The quantitative estimate of drug-likeness (QED) is 0.783. The number of methoxy groups -OCH3 is 1. The third-order valence-corrected chi connectivity index (χ3v) is 3.78. The zero-order valence-corrected chi connectivity index (χ0v) is 13.2. The molecular weight excluding hydrogens is 304 g/mol. The molecule has 0 fully saturated rings. The Morgan fingerprint density at radius 1 is 1.12 bits per heavy atom. The van der Waals surface area contributed by atoms with Crippen LogP contribution in [0.1, 0.15) is 5.56 Å². The summed E-state index contributed by atoms with van der Waals surface area (Å²) in [4.78, 5) is 15.0. The smallest absolute Gasteiger partial charge is 0.255 e. The van der Waals surface area contributed by atoms with Crippen molar-refractivity contribution >= 4 is 10.8 Å². The van der Waals surface area contributed by atoms with Crippen LogP contribution in [-0.4, -0.2) is 18.7 Å². The molecule has 0 aliphatic carbocycles. The van der Waals surface area contributed by atoms with Crippen LogP contribution in [0.3, 0.4) is 0 Å². The number of hydrogen-bond donors (Lipinski definition) is 1. The molecule has 0 bridgehead atoms. The molecule has 0 spiro atoms. The van der Waals surface area contributed by atoms with E-state index >= 15 is 0 Å². The van der Waals surface area contributed by atoms with Crippen LogP contribution in [0.5, 0.6) is 5.75 Å². The lowest BCUT2D eigenvalue weighted by Gasteiger charge is -2.12. The maximum atomic E-state index is 12.2. The fraction of sp³-hybridized carbons (Fsp3) is 0.158. The first-order chi connectivity index (χ1) is 11.7. The molecule has 0 amide bonds. The van der Waals surface area contributed by atoms with Gasteiger partial charge >= 0.3 is 0 Å². The zero-order chi connectivity index (χ0) is 16.9. The van der Waals surface area contributed by atoms with E-state index < -0.39 is 0 Å². The number of fused-ring (bicyclic) bond motifs is 1. The molecule has 0 saturated carbocycles. The van der Waals surface area contributed by atoms with Gasteiger partial charge in [0.15, 0.2) is 6.61 Å². The van der Waals surface area contributed by atoms with Crippen molar-refractivity contribution in [3.8, 4) is 22.9 Å². The van der Waals surface area contributed by atoms with E-state index in [1.54, 1.807) is 25.4 Å². The molecule has 3 rings (SSSR count). The fourth-order valence-corrected chi connectivity index (χ4v) is 2.73. The van der Waals surface area contributed by atoms with Crippen LogP contribution in [-0.2, 0) is 11.3 Å². The number of nitrogens with one attached hydrogen (secondary N) is 1. The molecule has 0 aliphatic rings. The van der Waals surface area contributed by atoms with E-state index in [1.165, 1.54) is 0 Å². The van der Waals surface area contributed by atoms with Crippen LogP contribution in [0.4, 0.5) is 0 Å². The number of nitrogens with zero attached hydrogens (tertiary/aromatic N) is 1. The summed E-state index contributed by atoms with van der Waals surface area (Å²) in [7, 11) is 1.65. The highest BCUT2D eigenvalue weighted by atomic mass is 16.5. The summed E-state index contributed by atoms with van der Waals surface area (Å²) in [5.41, 5.74) is 2.77. The van der Waals surface area contributed by atoms with Gasteiger partial charge in [-0.1, -0.05) is 24.3 Å². The molecule has 0 saturated heterocycles. The highest BCUT2D eigenvalue weighted by Crippen LogP contribution is 2.31. The first-order valence-electron chi connectivity index (χ1n) is 7.47. The molecular formula is C19H16N2O3. The Hall–Kier alpha value is -3.10. The summed E-state index contributed by atoms with van der Waals surface area (Å²) in [5, 5.41) is 9.96. The predicted octanol–water partition coefficient (Wildman–Crippen LogP) is 3.24. The van der Waals surface area contributed by atoms with Crippen LogP contribution in [0.25, 0.3) is 21.9 Å². The average molecular weight is 320 g/mol. The first kappa shape index (κ1) is 15.8. The third kappa shape index (κ3) is 3.00. The van der Waals surface area contributed by atoms with Crippen molar-refractivity contribution in [1.29, 1.82) is 5.26 Å². The SMILES string of the molecule is COCc1ccccc1-c1c[nH]c(=O)c2cc(OCC#N)ccc12. The normalized spacial score (nSPS) is 10.5. The van der Waals surface area contributed by atoms with Gasteiger partial charge in [-0.3, -0.25) is 4.79 Å². The highest BCUT2D eigenvalue weighted by molar-refractivity contribution is 5.97. The van der Waals surface area contributed by atoms with E-state index in [-0.39, 0.29) is 12.2 Å². The van der Waals surface area contributed by atoms with Crippen LogP contribution in [0.2, 0.25) is 0 Å². The molecule has 120 valence electrons. The van der Waals surface area contributed by atoms with Crippen molar-refractivity contribution in [3.05, 3.63) is 64.6 Å². The van der Waals surface area contributed by atoms with E-state index in [1.807, 2.05) is 36.4 Å². The van der Waals surface area contributed by atoms with Crippen molar-refractivity contribution in [1.82, 2.24) is 4.98 Å². The molecule has 1 aromatic heterocycles. The third-order valence-electron chi connectivity index (χ3n) is 3.78. The van der Waals surface area contributed by atoms with Gasteiger partial charge in [-0.25, -0.2) is 0 Å². The lowest BCUT2D eigenvalue weighted by Crippen LogP contribution is -2.07. The van der Waals surface area contributed by atoms with Crippen LogP contribution in [0.15, 0.2) is 53.5 Å². The molecule has 5 nitrogen and oxygen atoms in total. The second-order valence-corrected chi connectivity index (χ2v) is 5.28. The second kappa shape index (κ2) is 6.99. The summed E-state index contributed by atoms with van der Waals surface area (Å²) >= 11 is 0. The van der Waals surface area contributed by atoms with Gasteiger partial charge in [0.1, 0.15) is 11.8 Å². The highest BCUT2D eigenvalue weighted by Gasteiger charge is 2.11. The van der Waals surface area contributed by atoms with Crippen molar-refractivity contribution in [3.63, 3.8) is 0 Å². The Morgan fingerprint density at radius 3 is 2.75 bits per heavy atom. The van der Waals surface area contributed by atoms with Crippen molar-refractivity contribution in [2.45, 2.75) is 6.61 Å². The van der Waals surface area contributed by atoms with Crippen LogP contribution < -0.4 is 10.3 Å². The average Bonchev–Trinajstić information content (AvgIpc) is 2.61. The molecule has 0 aliphatic heterocycles. The van der Waals surface area contributed by atoms with Gasteiger partial charge in [-0.2, -0.15) is 5.26 Å². The number of H-pyrrole nitrogens is 1. The number of hydrogen-bond acceptors (Lipinski definition) is 4. The molecule has 5 heteroatoms. The monoisotopic (exact) mass is 320 g/mol. The van der Waals surface area contributed by atoms with Gasteiger partial charge in [0.05, 0.1) is 12.0 Å². The molecule has 2 aromatic carbocycles. The van der Waals surface area contributed by atoms with Gasteiger partial charge in [0.25, 0.3) is 5.56 Å². The molecule has 3 aromatic rings. The zero-order valence-electron chi connectivity index (χ0n) is 13.2. The topological polar surface area (TPSA) is 75.1 Å². The number of aromatic amines is 1. The van der Waals surface area contributed by atoms with Crippen molar-refractivity contribution in [2.75, 3.05) is 13.7 Å². The van der Waals surface area contributed by atoms with Gasteiger partial charge < -0.3 is 14.5 Å². The molecule has 1 heterocycles.